The summed E-state index contributed by atoms with van der Waals surface area (Å²) in [6.45, 7) is 1.40. The molecule has 1 saturated heterocycles. The van der Waals surface area contributed by atoms with Gasteiger partial charge in [0.05, 0.1) is 6.61 Å². The van der Waals surface area contributed by atoms with Crippen LogP contribution in [0, 0.1) is 5.92 Å². The van der Waals surface area contributed by atoms with Crippen molar-refractivity contribution in [3.8, 4) is 0 Å². The van der Waals surface area contributed by atoms with E-state index in [1.807, 2.05) is 6.29 Å². The highest BCUT2D eigenvalue weighted by molar-refractivity contribution is 5.54. The van der Waals surface area contributed by atoms with Gasteiger partial charge in [0.2, 0.25) is 6.29 Å². The number of hydrogen-bond acceptors (Lipinski definition) is 2. The van der Waals surface area contributed by atoms with Gasteiger partial charge in [0.1, 0.15) is 0 Å². The summed E-state index contributed by atoms with van der Waals surface area (Å²) in [6.07, 6.45) is 5.14. The van der Waals surface area contributed by atoms with Crippen molar-refractivity contribution in [2.75, 3.05) is 13.2 Å². The number of carbonyl (C=O) groups excluding carboxylic acids is 1. The highest BCUT2D eigenvalue weighted by Crippen LogP contribution is 2.10. The van der Waals surface area contributed by atoms with Crippen molar-refractivity contribution < 1.29 is 9.53 Å². The number of ether oxygens (including phenoxy) is 1. The molecular formula is C7H11O2. The Morgan fingerprint density at radius 2 is 2.33 bits per heavy atom. The van der Waals surface area contributed by atoms with Gasteiger partial charge in [0.15, 0.2) is 0 Å². The van der Waals surface area contributed by atoms with E-state index in [0.717, 1.165) is 25.9 Å². The molecule has 1 atom stereocenters. The second-order valence-electron chi connectivity index (χ2n) is 2.39. The van der Waals surface area contributed by atoms with Crippen LogP contribution in [-0.4, -0.2) is 19.5 Å². The smallest absolute Gasteiger partial charge is 0.204 e. The highest BCUT2D eigenvalue weighted by atomic mass is 16.5. The van der Waals surface area contributed by atoms with Crippen LogP contribution in [0.15, 0.2) is 0 Å². The predicted octanol–water partition coefficient (Wildman–Crippen LogP) is 0.913. The van der Waals surface area contributed by atoms with E-state index in [-0.39, 0.29) is 5.92 Å². The van der Waals surface area contributed by atoms with E-state index in [0.29, 0.717) is 6.61 Å². The molecule has 0 aromatic rings. The van der Waals surface area contributed by atoms with Crippen LogP contribution in [0.5, 0.6) is 0 Å². The summed E-state index contributed by atoms with van der Waals surface area (Å²) in [6, 6.07) is 0. The Kier molecular flexibility index (Phi) is 2.71. The molecule has 2 nitrogen and oxygen atoms in total. The minimum absolute atomic E-state index is 0.0486. The van der Waals surface area contributed by atoms with Crippen molar-refractivity contribution in [3.63, 3.8) is 0 Å². The number of rotatable bonds is 1. The Morgan fingerprint density at radius 3 is 3.11 bits per heavy atom. The van der Waals surface area contributed by atoms with Crippen LogP contribution in [0.1, 0.15) is 19.3 Å². The van der Waals surface area contributed by atoms with E-state index >= 15 is 0 Å². The summed E-state index contributed by atoms with van der Waals surface area (Å²) in [4.78, 5) is 10.1. The molecule has 0 aromatic heterocycles. The van der Waals surface area contributed by atoms with Crippen LogP contribution in [0.3, 0.4) is 0 Å². The minimum atomic E-state index is 0.0486. The third-order valence-corrected chi connectivity index (χ3v) is 1.58. The van der Waals surface area contributed by atoms with Crippen LogP contribution in [-0.2, 0) is 9.53 Å². The third-order valence-electron chi connectivity index (χ3n) is 1.58. The Bertz CT molecular complexity index is 82.9. The SMILES string of the molecule is O=[C]C1CCCCOC1. The Hall–Kier alpha value is -0.370. The fourth-order valence-electron chi connectivity index (χ4n) is 0.997. The predicted molar refractivity (Wildman–Crippen MR) is 33.9 cm³/mol. The zero-order valence-electron chi connectivity index (χ0n) is 5.43. The van der Waals surface area contributed by atoms with Gasteiger partial charge < -0.3 is 4.74 Å². The maximum Gasteiger partial charge on any atom is 0.204 e. The molecule has 0 spiro atoms. The van der Waals surface area contributed by atoms with Gasteiger partial charge in [-0.3, -0.25) is 4.79 Å². The van der Waals surface area contributed by atoms with Crippen molar-refractivity contribution in [2.24, 2.45) is 5.92 Å². The molecule has 51 valence electrons. The van der Waals surface area contributed by atoms with Crippen LogP contribution >= 0.6 is 0 Å². The Balaban J connectivity index is 2.26. The second-order valence-corrected chi connectivity index (χ2v) is 2.39. The molecule has 2 heteroatoms. The van der Waals surface area contributed by atoms with Gasteiger partial charge in [-0.1, -0.05) is 6.42 Å². The van der Waals surface area contributed by atoms with Gasteiger partial charge in [0.25, 0.3) is 0 Å². The quantitative estimate of drug-likeness (QED) is 0.523. The third kappa shape index (κ3) is 2.14. The molecule has 0 saturated carbocycles. The average molecular weight is 127 g/mol. The molecule has 1 radical (unpaired) electrons. The first kappa shape index (κ1) is 6.75. The normalized spacial score (nSPS) is 29.1. The molecule has 1 fully saturated rings. The molecule has 0 aromatic carbocycles. The fourth-order valence-corrected chi connectivity index (χ4v) is 0.997. The van der Waals surface area contributed by atoms with Gasteiger partial charge in [-0.15, -0.1) is 0 Å². The van der Waals surface area contributed by atoms with Crippen molar-refractivity contribution in [3.05, 3.63) is 0 Å². The minimum Gasteiger partial charge on any atom is -0.381 e. The highest BCUT2D eigenvalue weighted by Gasteiger charge is 2.10. The molecule has 0 amide bonds. The zero-order chi connectivity index (χ0) is 6.53. The van der Waals surface area contributed by atoms with Crippen LogP contribution in [0.2, 0.25) is 0 Å². The largest absolute Gasteiger partial charge is 0.381 e. The van der Waals surface area contributed by atoms with Crippen molar-refractivity contribution >= 4 is 6.29 Å². The summed E-state index contributed by atoms with van der Waals surface area (Å²) in [5, 5.41) is 0. The van der Waals surface area contributed by atoms with E-state index in [4.69, 9.17) is 4.74 Å². The molecule has 1 heterocycles. The average Bonchev–Trinajstić information content (AvgIpc) is 2.13. The molecular weight excluding hydrogens is 116 g/mol. The molecule has 0 N–H and O–H groups in total. The summed E-state index contributed by atoms with van der Waals surface area (Å²) < 4.78 is 5.14. The van der Waals surface area contributed by atoms with E-state index in [2.05, 4.69) is 0 Å². The topological polar surface area (TPSA) is 26.3 Å². The van der Waals surface area contributed by atoms with Gasteiger partial charge in [-0.25, -0.2) is 0 Å². The summed E-state index contributed by atoms with van der Waals surface area (Å²) in [5.74, 6) is 0.0486. The maximum atomic E-state index is 10.1. The lowest BCUT2D eigenvalue weighted by Gasteiger charge is -2.00. The fraction of sp³-hybridized carbons (Fsp3) is 0.857. The Labute approximate surface area is 55.2 Å². The van der Waals surface area contributed by atoms with Crippen LogP contribution in [0.25, 0.3) is 0 Å². The van der Waals surface area contributed by atoms with Gasteiger partial charge in [0, 0.05) is 12.5 Å². The Morgan fingerprint density at radius 1 is 1.44 bits per heavy atom. The zero-order valence-corrected chi connectivity index (χ0v) is 5.43. The molecule has 0 aliphatic carbocycles. The summed E-state index contributed by atoms with van der Waals surface area (Å²) >= 11 is 0. The summed E-state index contributed by atoms with van der Waals surface area (Å²) in [7, 11) is 0. The van der Waals surface area contributed by atoms with Gasteiger partial charge >= 0.3 is 0 Å². The van der Waals surface area contributed by atoms with Crippen molar-refractivity contribution in [1.82, 2.24) is 0 Å². The van der Waals surface area contributed by atoms with Crippen molar-refractivity contribution in [1.29, 1.82) is 0 Å². The second kappa shape index (κ2) is 3.62. The maximum absolute atomic E-state index is 10.1. The molecule has 1 aliphatic rings. The van der Waals surface area contributed by atoms with Crippen LogP contribution in [0.4, 0.5) is 0 Å². The van der Waals surface area contributed by atoms with Gasteiger partial charge in [-0.2, -0.15) is 0 Å². The monoisotopic (exact) mass is 127 g/mol. The van der Waals surface area contributed by atoms with E-state index in [1.54, 1.807) is 0 Å². The lowest BCUT2D eigenvalue weighted by molar-refractivity contribution is 0.131. The number of hydrogen-bond donors (Lipinski definition) is 0. The van der Waals surface area contributed by atoms with Crippen LogP contribution < -0.4 is 0 Å². The van der Waals surface area contributed by atoms with Gasteiger partial charge in [-0.05, 0) is 12.8 Å². The molecule has 1 aliphatic heterocycles. The molecule has 9 heavy (non-hydrogen) atoms. The summed E-state index contributed by atoms with van der Waals surface area (Å²) in [5.41, 5.74) is 0. The lowest BCUT2D eigenvalue weighted by Crippen LogP contribution is -2.07. The molecule has 1 rings (SSSR count). The molecule has 0 bridgehead atoms. The standard InChI is InChI=1S/C7H11O2/c8-5-7-3-1-2-4-9-6-7/h7H,1-4,6H2. The molecule has 1 unspecified atom stereocenters. The first-order chi connectivity index (χ1) is 4.43. The lowest BCUT2D eigenvalue weighted by atomic mass is 10.1. The van der Waals surface area contributed by atoms with Crippen molar-refractivity contribution in [2.45, 2.75) is 19.3 Å². The van der Waals surface area contributed by atoms with E-state index < -0.39 is 0 Å². The van der Waals surface area contributed by atoms with E-state index in [1.165, 1.54) is 0 Å². The first-order valence-corrected chi connectivity index (χ1v) is 3.39. The van der Waals surface area contributed by atoms with E-state index in [9.17, 15) is 4.79 Å². The first-order valence-electron chi connectivity index (χ1n) is 3.39.